The Morgan fingerprint density at radius 3 is 2.60 bits per heavy atom. The number of fused-ring (bicyclic) bond motifs is 1. The predicted molar refractivity (Wildman–Crippen MR) is 135 cm³/mol. The normalized spacial score (nSPS) is 16.4. The van der Waals surface area contributed by atoms with E-state index in [4.69, 9.17) is 5.73 Å². The predicted octanol–water partition coefficient (Wildman–Crippen LogP) is 3.42. The van der Waals surface area contributed by atoms with Crippen molar-refractivity contribution in [1.29, 1.82) is 0 Å². The van der Waals surface area contributed by atoms with Gasteiger partial charge in [-0.3, -0.25) is 4.68 Å². The molecule has 2 aromatic heterocycles. The van der Waals surface area contributed by atoms with Gasteiger partial charge in [-0.2, -0.15) is 5.10 Å². The highest BCUT2D eigenvalue weighted by Gasteiger charge is 2.21. The van der Waals surface area contributed by atoms with Crippen LogP contribution in [0, 0.1) is 5.82 Å². The number of carbonyl (C=O) groups excluding carboxylic acids is 1. The number of nitrogens with zero attached hydrogens (tertiary/aromatic N) is 5. The van der Waals surface area contributed by atoms with Gasteiger partial charge in [0, 0.05) is 62.1 Å². The van der Waals surface area contributed by atoms with Crippen LogP contribution in [-0.2, 0) is 7.05 Å². The molecule has 1 aromatic carbocycles. The second-order valence-corrected chi connectivity index (χ2v) is 9.49. The number of benzene rings is 1. The topological polar surface area (TPSA) is 114 Å². The maximum atomic E-state index is 14.3. The van der Waals surface area contributed by atoms with Crippen LogP contribution >= 0.6 is 0 Å². The van der Waals surface area contributed by atoms with Crippen molar-refractivity contribution < 1.29 is 9.18 Å². The fraction of sp³-hybridized carbons (Fsp3) is 0.520. The highest BCUT2D eigenvalue weighted by molar-refractivity contribution is 5.87. The van der Waals surface area contributed by atoms with Gasteiger partial charge in [0.1, 0.15) is 5.52 Å². The Labute approximate surface area is 205 Å². The molecule has 3 aromatic rings. The van der Waals surface area contributed by atoms with E-state index in [1.165, 1.54) is 18.9 Å². The Morgan fingerprint density at radius 2 is 1.94 bits per heavy atom. The fourth-order valence-electron chi connectivity index (χ4n) is 4.85. The smallest absolute Gasteiger partial charge is 0.317 e. The van der Waals surface area contributed by atoms with E-state index in [1.54, 1.807) is 16.9 Å². The van der Waals surface area contributed by atoms with Crippen LogP contribution in [0.5, 0.6) is 0 Å². The first-order chi connectivity index (χ1) is 16.8. The van der Waals surface area contributed by atoms with Crippen LogP contribution in [0.25, 0.3) is 22.2 Å². The number of nitrogen functional groups attached to an aromatic ring is 1. The lowest BCUT2D eigenvalue weighted by atomic mass is 10.0. The first-order valence-electron chi connectivity index (χ1n) is 12.3. The first kappa shape index (κ1) is 24.8. The molecule has 2 aliphatic rings. The third kappa shape index (κ3) is 5.87. The molecule has 10 heteroatoms. The van der Waals surface area contributed by atoms with E-state index >= 15 is 0 Å². The van der Waals surface area contributed by atoms with Crippen molar-refractivity contribution in [3.63, 3.8) is 0 Å². The van der Waals surface area contributed by atoms with Gasteiger partial charge in [-0.1, -0.05) is 26.7 Å². The Balaban J connectivity index is 0.000000179. The quantitative estimate of drug-likeness (QED) is 0.527. The van der Waals surface area contributed by atoms with Gasteiger partial charge in [0.25, 0.3) is 0 Å². The van der Waals surface area contributed by atoms with Gasteiger partial charge >= 0.3 is 6.03 Å². The molecule has 1 aliphatic heterocycles. The molecular weight excluding hydrogens is 447 g/mol. The number of halogens is 1. The van der Waals surface area contributed by atoms with Gasteiger partial charge in [0.2, 0.25) is 5.95 Å². The average molecular weight is 483 g/mol. The van der Waals surface area contributed by atoms with Crippen molar-refractivity contribution in [1.82, 2.24) is 35.3 Å². The summed E-state index contributed by atoms with van der Waals surface area (Å²) >= 11 is 0. The highest BCUT2D eigenvalue weighted by Crippen LogP contribution is 2.31. The van der Waals surface area contributed by atoms with Crippen molar-refractivity contribution in [3.8, 4) is 11.3 Å². The molecule has 0 bridgehead atoms. The zero-order valence-corrected chi connectivity index (χ0v) is 20.7. The molecule has 0 unspecified atom stereocenters. The zero-order chi connectivity index (χ0) is 24.9. The molecule has 9 nitrogen and oxygen atoms in total. The molecule has 188 valence electrons. The number of rotatable bonds is 3. The largest absolute Gasteiger partial charge is 0.368 e. The average Bonchev–Trinajstić information content (AvgIpc) is 3.47. The summed E-state index contributed by atoms with van der Waals surface area (Å²) in [5.74, 6) is 0.0515. The first-order valence-corrected chi connectivity index (χ1v) is 12.3. The number of anilines is 1. The van der Waals surface area contributed by atoms with Crippen LogP contribution in [0.3, 0.4) is 0 Å². The summed E-state index contributed by atoms with van der Waals surface area (Å²) in [6, 6.07) is 5.63. The third-order valence-corrected chi connectivity index (χ3v) is 6.54. The minimum absolute atomic E-state index is 0.137. The SMILES string of the molecule is CC(C)c1c2cc(-c3ccnc(N)n3)cc(F)c2nn1C.O=C(NC1CCCC1)N1CCNCC1. The van der Waals surface area contributed by atoms with Crippen LogP contribution in [-0.4, -0.2) is 62.9 Å². The maximum absolute atomic E-state index is 14.3. The fourth-order valence-corrected chi connectivity index (χ4v) is 4.85. The molecule has 3 heterocycles. The van der Waals surface area contributed by atoms with Crippen LogP contribution in [0.4, 0.5) is 15.1 Å². The minimum atomic E-state index is -0.359. The second kappa shape index (κ2) is 11.0. The van der Waals surface area contributed by atoms with E-state index in [0.29, 0.717) is 22.8 Å². The third-order valence-electron chi connectivity index (χ3n) is 6.54. The van der Waals surface area contributed by atoms with Crippen molar-refractivity contribution >= 4 is 22.9 Å². The standard InChI is InChI=1S/C15H16FN5.C10H19N3O/c1-8(2)14-10-6-9(12-4-5-18-15(17)19-12)7-11(16)13(10)20-21(14)3;14-10(12-9-3-1-2-4-9)13-7-5-11-6-8-13/h4-8H,1-3H3,(H2,17,18,19);9,11H,1-8H2,(H,12,14). The summed E-state index contributed by atoms with van der Waals surface area (Å²) in [6.07, 6.45) is 6.43. The number of aromatic nitrogens is 4. The van der Waals surface area contributed by atoms with Crippen LogP contribution in [0.2, 0.25) is 0 Å². The Hall–Kier alpha value is -3.27. The highest BCUT2D eigenvalue weighted by atomic mass is 19.1. The summed E-state index contributed by atoms with van der Waals surface area (Å²) in [6.45, 7) is 7.67. The van der Waals surface area contributed by atoms with Crippen LogP contribution in [0.1, 0.15) is 51.1 Å². The molecule has 2 fully saturated rings. The molecule has 5 rings (SSSR count). The lowest BCUT2D eigenvalue weighted by Crippen LogP contribution is -2.51. The maximum Gasteiger partial charge on any atom is 0.317 e. The van der Waals surface area contributed by atoms with Crippen LogP contribution < -0.4 is 16.4 Å². The van der Waals surface area contributed by atoms with Gasteiger partial charge in [-0.05, 0) is 37.0 Å². The molecule has 2 amide bonds. The number of nitrogens with two attached hydrogens (primary N) is 1. The number of urea groups is 1. The molecule has 0 atom stereocenters. The van der Waals surface area contributed by atoms with Crippen molar-refractivity contribution in [2.75, 3.05) is 31.9 Å². The molecule has 1 saturated carbocycles. The van der Waals surface area contributed by atoms with Gasteiger partial charge < -0.3 is 21.3 Å². The van der Waals surface area contributed by atoms with Crippen molar-refractivity contribution in [2.45, 2.75) is 51.5 Å². The minimum Gasteiger partial charge on any atom is -0.368 e. The van der Waals surface area contributed by atoms with E-state index in [2.05, 4.69) is 39.5 Å². The monoisotopic (exact) mass is 482 g/mol. The van der Waals surface area contributed by atoms with E-state index in [1.807, 2.05) is 18.0 Å². The van der Waals surface area contributed by atoms with E-state index in [0.717, 1.165) is 50.1 Å². The number of nitrogens with one attached hydrogen (secondary N) is 2. The molecule has 1 aliphatic carbocycles. The molecular formula is C25H35FN8O. The molecule has 35 heavy (non-hydrogen) atoms. The second-order valence-electron chi connectivity index (χ2n) is 9.49. The summed E-state index contributed by atoms with van der Waals surface area (Å²) < 4.78 is 16.1. The van der Waals surface area contributed by atoms with E-state index in [9.17, 15) is 9.18 Å². The Morgan fingerprint density at radius 1 is 1.23 bits per heavy atom. The van der Waals surface area contributed by atoms with Gasteiger partial charge in [-0.15, -0.1) is 0 Å². The van der Waals surface area contributed by atoms with Gasteiger partial charge in [0.05, 0.1) is 5.69 Å². The van der Waals surface area contributed by atoms with E-state index in [-0.39, 0.29) is 23.7 Å². The molecule has 0 spiro atoms. The number of piperazine rings is 1. The Bertz CT molecular complexity index is 1170. The lowest BCUT2D eigenvalue weighted by Gasteiger charge is -2.28. The van der Waals surface area contributed by atoms with Gasteiger partial charge in [0.15, 0.2) is 5.82 Å². The Kier molecular flexibility index (Phi) is 7.80. The molecule has 4 N–H and O–H groups in total. The zero-order valence-electron chi connectivity index (χ0n) is 20.7. The summed E-state index contributed by atoms with van der Waals surface area (Å²) in [7, 11) is 1.83. The lowest BCUT2D eigenvalue weighted by molar-refractivity contribution is 0.186. The number of carbonyl (C=O) groups is 1. The molecule has 0 radical (unpaired) electrons. The number of amides is 2. The van der Waals surface area contributed by atoms with Crippen molar-refractivity contribution in [2.24, 2.45) is 7.05 Å². The van der Waals surface area contributed by atoms with Gasteiger partial charge in [-0.25, -0.2) is 19.2 Å². The van der Waals surface area contributed by atoms with Crippen LogP contribution in [0.15, 0.2) is 24.4 Å². The van der Waals surface area contributed by atoms with E-state index < -0.39 is 0 Å². The number of hydrogen-bond donors (Lipinski definition) is 3. The summed E-state index contributed by atoms with van der Waals surface area (Å²) in [4.78, 5) is 21.7. The van der Waals surface area contributed by atoms with Crippen molar-refractivity contribution in [3.05, 3.63) is 35.9 Å². The number of aryl methyl sites for hydroxylation is 1. The summed E-state index contributed by atoms with van der Waals surface area (Å²) in [5.41, 5.74) is 8.24. The molecule has 1 saturated heterocycles. The summed E-state index contributed by atoms with van der Waals surface area (Å²) in [5, 5.41) is 11.4. The number of hydrogen-bond acceptors (Lipinski definition) is 6.